The summed E-state index contributed by atoms with van der Waals surface area (Å²) < 4.78 is 1.38. The number of benzene rings is 1. The predicted octanol–water partition coefficient (Wildman–Crippen LogP) is 3.92. The quantitative estimate of drug-likeness (QED) is 0.542. The molecule has 1 aromatic rings. The average Bonchev–Trinajstić information content (AvgIpc) is 1.86. The van der Waals surface area contributed by atoms with E-state index in [4.69, 9.17) is 0 Å². The zero-order chi connectivity index (χ0) is 8.48. The fourth-order valence-corrected chi connectivity index (χ4v) is 1.47. The van der Waals surface area contributed by atoms with Crippen molar-refractivity contribution in [2.24, 2.45) is 0 Å². The van der Waals surface area contributed by atoms with Crippen molar-refractivity contribution in [1.29, 1.82) is 0 Å². The molecule has 1 aromatic carbocycles. The first-order valence-electron chi connectivity index (χ1n) is 3.45. The highest BCUT2D eigenvalue weighted by Gasteiger charge is 2.14. The summed E-state index contributed by atoms with van der Waals surface area (Å²) in [6.45, 7) is 4.30. The Hall–Kier alpha value is 0.430. The van der Waals surface area contributed by atoms with E-state index in [2.05, 4.69) is 76.6 Å². The van der Waals surface area contributed by atoms with Crippen molar-refractivity contribution >= 4 is 38.5 Å². The monoisotopic (exact) mass is 324 g/mol. The Labute approximate surface area is 89.7 Å². The number of hydrogen-bond donors (Lipinski definition) is 0. The van der Waals surface area contributed by atoms with Gasteiger partial charge in [0, 0.05) is 7.89 Å². The second kappa shape index (κ2) is 3.44. The molecule has 60 valence electrons. The number of hydrogen-bond acceptors (Lipinski definition) is 0. The van der Waals surface area contributed by atoms with Crippen LogP contribution in [0.25, 0.3) is 0 Å². The molecule has 0 aliphatic rings. The molecular formula is C9H10BrI. The minimum absolute atomic E-state index is 0.0946. The van der Waals surface area contributed by atoms with Crippen molar-refractivity contribution in [3.8, 4) is 0 Å². The van der Waals surface area contributed by atoms with Crippen LogP contribution in [0.15, 0.2) is 24.3 Å². The van der Waals surface area contributed by atoms with Gasteiger partial charge in [0.25, 0.3) is 0 Å². The van der Waals surface area contributed by atoms with Crippen molar-refractivity contribution in [2.45, 2.75) is 18.2 Å². The van der Waals surface area contributed by atoms with Crippen molar-refractivity contribution in [3.05, 3.63) is 33.4 Å². The lowest BCUT2D eigenvalue weighted by Gasteiger charge is -2.16. The standard InChI is InChI=1S/C9H10BrI/c1-9(2,10)7-3-5-8(11)6-4-7/h3-6H,1-2H3. The maximum absolute atomic E-state index is 3.61. The third-order valence-corrected chi connectivity index (χ3v) is 2.71. The van der Waals surface area contributed by atoms with E-state index in [0.717, 1.165) is 0 Å². The van der Waals surface area contributed by atoms with Crippen LogP contribution in [0.4, 0.5) is 0 Å². The SMILES string of the molecule is CC(C)(Br)c1ccc(I)cc1. The summed E-state index contributed by atoms with van der Waals surface area (Å²) >= 11 is 5.92. The van der Waals surface area contributed by atoms with E-state index in [1.807, 2.05) is 0 Å². The molecule has 0 aliphatic carbocycles. The molecule has 0 heterocycles. The van der Waals surface area contributed by atoms with Gasteiger partial charge in [-0.05, 0) is 54.1 Å². The molecule has 0 aliphatic heterocycles. The van der Waals surface area contributed by atoms with Gasteiger partial charge in [0.05, 0.1) is 0 Å². The average molecular weight is 325 g/mol. The van der Waals surface area contributed by atoms with Crippen LogP contribution in [0.1, 0.15) is 19.4 Å². The zero-order valence-corrected chi connectivity index (χ0v) is 10.3. The van der Waals surface area contributed by atoms with E-state index in [-0.39, 0.29) is 4.32 Å². The Kier molecular flexibility index (Phi) is 2.97. The molecule has 0 spiro atoms. The van der Waals surface area contributed by atoms with E-state index in [1.54, 1.807) is 0 Å². The number of halogens is 2. The molecular weight excluding hydrogens is 315 g/mol. The zero-order valence-electron chi connectivity index (χ0n) is 6.57. The van der Waals surface area contributed by atoms with Gasteiger partial charge < -0.3 is 0 Å². The van der Waals surface area contributed by atoms with Crippen LogP contribution < -0.4 is 0 Å². The van der Waals surface area contributed by atoms with Crippen molar-refractivity contribution in [3.63, 3.8) is 0 Å². The van der Waals surface area contributed by atoms with Gasteiger partial charge >= 0.3 is 0 Å². The largest absolute Gasteiger partial charge is 0.0807 e. The second-order valence-electron chi connectivity index (χ2n) is 2.98. The first-order chi connectivity index (χ1) is 5.00. The lowest BCUT2D eigenvalue weighted by atomic mass is 10.0. The molecule has 0 unspecified atom stereocenters. The fourth-order valence-electron chi connectivity index (χ4n) is 0.846. The summed E-state index contributed by atoms with van der Waals surface area (Å²) in [4.78, 5) is 0. The Balaban J connectivity index is 2.99. The van der Waals surface area contributed by atoms with E-state index in [9.17, 15) is 0 Å². The Morgan fingerprint density at radius 1 is 1.18 bits per heavy atom. The molecule has 1 rings (SSSR count). The van der Waals surface area contributed by atoms with Crippen LogP contribution in [0.5, 0.6) is 0 Å². The molecule has 0 amide bonds. The maximum atomic E-state index is 3.61. The van der Waals surface area contributed by atoms with Crippen LogP contribution in [-0.2, 0) is 4.32 Å². The molecule has 0 fully saturated rings. The van der Waals surface area contributed by atoms with E-state index >= 15 is 0 Å². The molecule has 0 saturated carbocycles. The smallest absolute Gasteiger partial charge is 0.0449 e. The van der Waals surface area contributed by atoms with E-state index in [1.165, 1.54) is 9.13 Å². The molecule has 0 atom stereocenters. The van der Waals surface area contributed by atoms with Crippen LogP contribution in [0.3, 0.4) is 0 Å². The molecule has 0 nitrogen and oxygen atoms in total. The normalized spacial score (nSPS) is 11.6. The summed E-state index contributed by atoms with van der Waals surface area (Å²) in [7, 11) is 0. The number of alkyl halides is 1. The molecule has 0 saturated heterocycles. The molecule has 11 heavy (non-hydrogen) atoms. The van der Waals surface area contributed by atoms with Crippen LogP contribution in [0.2, 0.25) is 0 Å². The predicted molar refractivity (Wildman–Crippen MR) is 61.1 cm³/mol. The fraction of sp³-hybridized carbons (Fsp3) is 0.333. The van der Waals surface area contributed by atoms with E-state index < -0.39 is 0 Å². The Bertz CT molecular complexity index is 233. The van der Waals surface area contributed by atoms with Crippen molar-refractivity contribution < 1.29 is 0 Å². The van der Waals surface area contributed by atoms with Gasteiger partial charge in [0.15, 0.2) is 0 Å². The molecule has 0 bridgehead atoms. The van der Waals surface area contributed by atoms with Gasteiger partial charge in [-0.25, -0.2) is 0 Å². The van der Waals surface area contributed by atoms with Crippen LogP contribution in [0, 0.1) is 3.57 Å². The summed E-state index contributed by atoms with van der Waals surface area (Å²) in [6, 6.07) is 8.55. The van der Waals surface area contributed by atoms with Gasteiger partial charge in [0.1, 0.15) is 0 Å². The first kappa shape index (κ1) is 9.52. The Morgan fingerprint density at radius 3 is 2.00 bits per heavy atom. The molecule has 0 radical (unpaired) electrons. The molecule has 0 N–H and O–H groups in total. The van der Waals surface area contributed by atoms with Gasteiger partial charge in [-0.2, -0.15) is 0 Å². The molecule has 0 aromatic heterocycles. The first-order valence-corrected chi connectivity index (χ1v) is 5.32. The molecule has 2 heteroatoms. The third-order valence-electron chi connectivity index (χ3n) is 1.53. The van der Waals surface area contributed by atoms with E-state index in [0.29, 0.717) is 0 Å². The van der Waals surface area contributed by atoms with Crippen LogP contribution in [-0.4, -0.2) is 0 Å². The summed E-state index contributed by atoms with van der Waals surface area (Å²) in [6.07, 6.45) is 0. The van der Waals surface area contributed by atoms with Gasteiger partial charge in [0.2, 0.25) is 0 Å². The minimum atomic E-state index is 0.0946. The highest BCUT2D eigenvalue weighted by Crippen LogP contribution is 2.29. The topological polar surface area (TPSA) is 0 Å². The summed E-state index contributed by atoms with van der Waals surface area (Å²) in [5, 5.41) is 0. The maximum Gasteiger partial charge on any atom is 0.0449 e. The van der Waals surface area contributed by atoms with Crippen molar-refractivity contribution in [1.82, 2.24) is 0 Å². The third kappa shape index (κ3) is 2.75. The second-order valence-corrected chi connectivity index (χ2v) is 6.21. The Morgan fingerprint density at radius 2 is 1.64 bits per heavy atom. The lowest BCUT2D eigenvalue weighted by Crippen LogP contribution is -2.05. The highest BCUT2D eigenvalue weighted by molar-refractivity contribution is 14.1. The highest BCUT2D eigenvalue weighted by atomic mass is 127. The van der Waals surface area contributed by atoms with Crippen LogP contribution >= 0.6 is 38.5 Å². The lowest BCUT2D eigenvalue weighted by molar-refractivity contribution is 0.803. The van der Waals surface area contributed by atoms with Crippen molar-refractivity contribution in [2.75, 3.05) is 0 Å². The summed E-state index contributed by atoms with van der Waals surface area (Å²) in [5.74, 6) is 0. The summed E-state index contributed by atoms with van der Waals surface area (Å²) in [5.41, 5.74) is 1.32. The minimum Gasteiger partial charge on any atom is -0.0807 e. The van der Waals surface area contributed by atoms with Gasteiger partial charge in [-0.3, -0.25) is 0 Å². The van der Waals surface area contributed by atoms with Gasteiger partial charge in [-0.1, -0.05) is 28.1 Å². The van der Waals surface area contributed by atoms with Gasteiger partial charge in [-0.15, -0.1) is 0 Å². The number of rotatable bonds is 1.